The lowest BCUT2D eigenvalue weighted by atomic mass is 10.1. The summed E-state index contributed by atoms with van der Waals surface area (Å²) < 4.78 is 28.1. The van der Waals surface area contributed by atoms with Gasteiger partial charge in [0, 0.05) is 6.54 Å². The van der Waals surface area contributed by atoms with Crippen molar-refractivity contribution in [3.63, 3.8) is 0 Å². The van der Waals surface area contributed by atoms with Gasteiger partial charge in [0.15, 0.2) is 0 Å². The minimum Gasteiger partial charge on any atom is -0.352 e. The van der Waals surface area contributed by atoms with E-state index in [0.29, 0.717) is 17.7 Å². The molecular formula is C19H26ClN3O3S. The number of anilines is 1. The van der Waals surface area contributed by atoms with Crippen LogP contribution in [0.25, 0.3) is 0 Å². The summed E-state index contributed by atoms with van der Waals surface area (Å²) >= 11 is 0. The van der Waals surface area contributed by atoms with Gasteiger partial charge in [0.25, 0.3) is 15.9 Å². The molecule has 0 atom stereocenters. The molecule has 0 aliphatic rings. The van der Waals surface area contributed by atoms with Crippen LogP contribution in [0.1, 0.15) is 27.9 Å². The zero-order chi connectivity index (χ0) is 19.2. The van der Waals surface area contributed by atoms with Gasteiger partial charge in [-0.05, 0) is 63.2 Å². The van der Waals surface area contributed by atoms with Crippen molar-refractivity contribution in [1.29, 1.82) is 0 Å². The Morgan fingerprint density at radius 1 is 1.04 bits per heavy atom. The lowest BCUT2D eigenvalue weighted by Crippen LogP contribution is -2.28. The highest BCUT2D eigenvalue weighted by Gasteiger charge is 2.20. The molecule has 148 valence electrons. The number of amides is 1. The van der Waals surface area contributed by atoms with Crippen LogP contribution in [0, 0.1) is 13.8 Å². The van der Waals surface area contributed by atoms with Crippen LogP contribution in [-0.4, -0.2) is 34.5 Å². The number of carbonyl (C=O) groups is 1. The Hall–Kier alpha value is -2.09. The first kappa shape index (κ1) is 23.0. The van der Waals surface area contributed by atoms with Gasteiger partial charge in [0.1, 0.15) is 0 Å². The number of para-hydroxylation sites is 1. The molecule has 0 fully saturated rings. The number of sulfonamides is 1. The Labute approximate surface area is 167 Å². The minimum atomic E-state index is -3.79. The maximum Gasteiger partial charge on any atom is 0.262 e. The number of halogens is 1. The molecule has 2 rings (SSSR count). The second kappa shape index (κ2) is 10.3. The molecule has 0 bridgehead atoms. The summed E-state index contributed by atoms with van der Waals surface area (Å²) in [5.41, 5.74) is 2.06. The van der Waals surface area contributed by atoms with Crippen LogP contribution in [-0.2, 0) is 10.0 Å². The Bertz CT molecular complexity index is 886. The normalized spacial score (nSPS) is 10.8. The van der Waals surface area contributed by atoms with E-state index < -0.39 is 10.0 Å². The third kappa shape index (κ3) is 6.23. The molecule has 0 aliphatic carbocycles. The van der Waals surface area contributed by atoms with Crippen molar-refractivity contribution in [3.8, 4) is 0 Å². The average Bonchev–Trinajstić information content (AvgIpc) is 2.60. The van der Waals surface area contributed by atoms with Gasteiger partial charge in [-0.25, -0.2) is 8.42 Å². The summed E-state index contributed by atoms with van der Waals surface area (Å²) in [6.07, 6.45) is 0.790. The monoisotopic (exact) mass is 411 g/mol. The van der Waals surface area contributed by atoms with Crippen molar-refractivity contribution in [2.45, 2.75) is 25.2 Å². The van der Waals surface area contributed by atoms with E-state index >= 15 is 0 Å². The second-order valence-corrected chi connectivity index (χ2v) is 7.78. The summed E-state index contributed by atoms with van der Waals surface area (Å²) in [4.78, 5) is 12.6. The molecule has 27 heavy (non-hydrogen) atoms. The fraction of sp³-hybridized carbons (Fsp3) is 0.316. The van der Waals surface area contributed by atoms with E-state index in [2.05, 4.69) is 15.4 Å². The van der Waals surface area contributed by atoms with E-state index in [0.717, 1.165) is 18.5 Å². The number of hydrogen-bond acceptors (Lipinski definition) is 4. The maximum atomic E-state index is 12.8. The molecule has 6 nitrogen and oxygen atoms in total. The first-order valence-corrected chi connectivity index (χ1v) is 9.95. The van der Waals surface area contributed by atoms with Crippen molar-refractivity contribution >= 4 is 34.0 Å². The number of aryl methyl sites for hydroxylation is 2. The zero-order valence-electron chi connectivity index (χ0n) is 15.7. The van der Waals surface area contributed by atoms with Crippen molar-refractivity contribution in [2.24, 2.45) is 0 Å². The highest BCUT2D eigenvalue weighted by molar-refractivity contribution is 7.92. The van der Waals surface area contributed by atoms with Crippen LogP contribution in [0.2, 0.25) is 0 Å². The Morgan fingerprint density at radius 2 is 1.74 bits per heavy atom. The Kier molecular flexibility index (Phi) is 8.75. The summed E-state index contributed by atoms with van der Waals surface area (Å²) in [5, 5.41) is 5.82. The molecule has 2 aromatic rings. The van der Waals surface area contributed by atoms with Crippen molar-refractivity contribution < 1.29 is 13.2 Å². The number of benzene rings is 2. The van der Waals surface area contributed by atoms with E-state index in [4.69, 9.17) is 0 Å². The zero-order valence-corrected chi connectivity index (χ0v) is 17.3. The number of rotatable bonds is 8. The molecule has 0 unspecified atom stereocenters. The lowest BCUT2D eigenvalue weighted by Gasteiger charge is -2.14. The molecule has 0 saturated carbocycles. The molecule has 0 spiro atoms. The van der Waals surface area contributed by atoms with Crippen molar-refractivity contribution in [3.05, 3.63) is 59.2 Å². The van der Waals surface area contributed by atoms with Crippen LogP contribution >= 0.6 is 12.4 Å². The summed E-state index contributed by atoms with van der Waals surface area (Å²) in [7, 11) is -1.95. The van der Waals surface area contributed by atoms with E-state index in [1.807, 2.05) is 20.0 Å². The van der Waals surface area contributed by atoms with Crippen molar-refractivity contribution in [2.75, 3.05) is 24.9 Å². The van der Waals surface area contributed by atoms with Crippen LogP contribution in [0.4, 0.5) is 5.69 Å². The highest BCUT2D eigenvalue weighted by atomic mass is 35.5. The first-order chi connectivity index (χ1) is 12.3. The maximum absolute atomic E-state index is 12.8. The minimum absolute atomic E-state index is 0. The fourth-order valence-electron chi connectivity index (χ4n) is 2.53. The number of hydrogen-bond donors (Lipinski definition) is 3. The standard InChI is InChI=1S/C19H25N3O3S.ClH/c1-14-9-10-15(2)18(13-14)26(24,25)22-17-8-5-4-7-16(17)19(23)21-12-6-11-20-3;/h4-5,7-10,13,20,22H,6,11-12H2,1-3H3,(H,21,23);1H. The van der Waals surface area contributed by atoms with Crippen LogP contribution < -0.4 is 15.4 Å². The summed E-state index contributed by atoms with van der Waals surface area (Å²) in [5.74, 6) is -0.305. The SMILES string of the molecule is CNCCCNC(=O)c1ccccc1NS(=O)(=O)c1cc(C)ccc1C.Cl. The van der Waals surface area contributed by atoms with Crippen LogP contribution in [0.5, 0.6) is 0 Å². The molecule has 0 aliphatic heterocycles. The molecule has 0 radical (unpaired) electrons. The smallest absolute Gasteiger partial charge is 0.262 e. The van der Waals surface area contributed by atoms with Gasteiger partial charge in [0.05, 0.1) is 16.1 Å². The predicted octanol–water partition coefficient (Wildman–Crippen LogP) is 2.87. The van der Waals surface area contributed by atoms with Gasteiger partial charge >= 0.3 is 0 Å². The molecular weight excluding hydrogens is 386 g/mol. The Morgan fingerprint density at radius 3 is 2.44 bits per heavy atom. The Balaban J connectivity index is 0.00000364. The predicted molar refractivity (Wildman–Crippen MR) is 111 cm³/mol. The number of nitrogens with one attached hydrogen (secondary N) is 3. The topological polar surface area (TPSA) is 87.3 Å². The molecule has 1 amide bonds. The third-order valence-electron chi connectivity index (χ3n) is 3.94. The van der Waals surface area contributed by atoms with E-state index in [1.165, 1.54) is 0 Å². The van der Waals surface area contributed by atoms with E-state index in [-0.39, 0.29) is 28.9 Å². The quantitative estimate of drug-likeness (QED) is 0.583. The molecule has 8 heteroatoms. The molecule has 0 saturated heterocycles. The van der Waals surface area contributed by atoms with Gasteiger partial charge in [-0.2, -0.15) is 0 Å². The second-order valence-electron chi connectivity index (χ2n) is 6.13. The fourth-order valence-corrected chi connectivity index (χ4v) is 3.94. The van der Waals surface area contributed by atoms with Crippen LogP contribution in [0.3, 0.4) is 0 Å². The van der Waals surface area contributed by atoms with E-state index in [9.17, 15) is 13.2 Å². The molecule has 3 N–H and O–H groups in total. The summed E-state index contributed by atoms with van der Waals surface area (Å²) in [6.45, 7) is 4.89. The lowest BCUT2D eigenvalue weighted by molar-refractivity contribution is 0.0954. The summed E-state index contributed by atoms with van der Waals surface area (Å²) in [6, 6.07) is 11.8. The van der Waals surface area contributed by atoms with Crippen LogP contribution in [0.15, 0.2) is 47.4 Å². The third-order valence-corrected chi connectivity index (χ3v) is 5.45. The average molecular weight is 412 g/mol. The molecule has 2 aromatic carbocycles. The largest absolute Gasteiger partial charge is 0.352 e. The highest BCUT2D eigenvalue weighted by Crippen LogP contribution is 2.23. The van der Waals surface area contributed by atoms with E-state index in [1.54, 1.807) is 43.3 Å². The van der Waals surface area contributed by atoms with Gasteiger partial charge < -0.3 is 10.6 Å². The molecule has 0 aromatic heterocycles. The van der Waals surface area contributed by atoms with Gasteiger partial charge in [0.2, 0.25) is 0 Å². The first-order valence-electron chi connectivity index (χ1n) is 8.47. The van der Waals surface area contributed by atoms with Gasteiger partial charge in [-0.15, -0.1) is 12.4 Å². The van der Waals surface area contributed by atoms with Gasteiger partial charge in [-0.1, -0.05) is 24.3 Å². The van der Waals surface area contributed by atoms with Gasteiger partial charge in [-0.3, -0.25) is 9.52 Å². The van der Waals surface area contributed by atoms with Crippen molar-refractivity contribution in [1.82, 2.24) is 10.6 Å². The molecule has 0 heterocycles. The number of carbonyl (C=O) groups excluding carboxylic acids is 1.